The summed E-state index contributed by atoms with van der Waals surface area (Å²) >= 11 is 6.00. The maximum Gasteiger partial charge on any atom is 0.226 e. The van der Waals surface area contributed by atoms with E-state index in [1.54, 1.807) is 0 Å². The average molecular weight is 409 g/mol. The predicted molar refractivity (Wildman–Crippen MR) is 112 cm³/mol. The Kier molecular flexibility index (Phi) is 8.42. The number of piperidine rings is 1. The van der Waals surface area contributed by atoms with Crippen molar-refractivity contribution >= 4 is 29.9 Å². The monoisotopic (exact) mass is 408 g/mol. The van der Waals surface area contributed by atoms with Crippen molar-refractivity contribution in [2.45, 2.75) is 31.9 Å². The van der Waals surface area contributed by atoms with Gasteiger partial charge in [0.05, 0.1) is 6.42 Å². The molecule has 0 spiro atoms. The Labute approximate surface area is 172 Å². The van der Waals surface area contributed by atoms with E-state index in [1.165, 1.54) is 0 Å². The molecular weight excluding hydrogens is 383 g/mol. The molecule has 0 aromatic heterocycles. The minimum absolute atomic E-state index is 0. The summed E-state index contributed by atoms with van der Waals surface area (Å²) in [7, 11) is 1.98. The smallest absolute Gasteiger partial charge is 0.226 e. The number of nitrogens with zero attached hydrogens (tertiary/aromatic N) is 1. The lowest BCUT2D eigenvalue weighted by Crippen LogP contribution is -2.44. The van der Waals surface area contributed by atoms with Gasteiger partial charge in [-0.3, -0.25) is 4.79 Å². The van der Waals surface area contributed by atoms with Crippen LogP contribution in [0, 0.1) is 0 Å². The summed E-state index contributed by atoms with van der Waals surface area (Å²) in [6.45, 7) is 2.11. The maximum atomic E-state index is 12.5. The van der Waals surface area contributed by atoms with Gasteiger partial charge < -0.3 is 15.0 Å². The highest BCUT2D eigenvalue weighted by Gasteiger charge is 2.21. The summed E-state index contributed by atoms with van der Waals surface area (Å²) in [5.41, 5.74) is 2.00. The lowest BCUT2D eigenvalue weighted by molar-refractivity contribution is -0.131. The molecule has 6 heteroatoms. The van der Waals surface area contributed by atoms with Gasteiger partial charge in [0, 0.05) is 24.2 Å². The Morgan fingerprint density at radius 3 is 2.56 bits per heavy atom. The molecule has 146 valence electrons. The number of rotatable bonds is 6. The molecule has 1 aliphatic heterocycles. The topological polar surface area (TPSA) is 41.6 Å². The van der Waals surface area contributed by atoms with Crippen LogP contribution in [0.5, 0.6) is 5.75 Å². The van der Waals surface area contributed by atoms with Crippen LogP contribution < -0.4 is 10.1 Å². The fourth-order valence-electron chi connectivity index (χ4n) is 3.24. The molecule has 0 atom stereocenters. The number of hydrogen-bond acceptors (Lipinski definition) is 3. The van der Waals surface area contributed by atoms with Crippen LogP contribution in [0.2, 0.25) is 5.02 Å². The number of carbonyl (C=O) groups is 1. The molecule has 1 amide bonds. The predicted octanol–water partition coefficient (Wildman–Crippen LogP) is 4.09. The minimum atomic E-state index is 0. The Bertz CT molecular complexity index is 746. The van der Waals surface area contributed by atoms with Crippen molar-refractivity contribution in [3.63, 3.8) is 0 Å². The van der Waals surface area contributed by atoms with Crippen LogP contribution in [0.1, 0.15) is 24.0 Å². The van der Waals surface area contributed by atoms with E-state index in [1.807, 2.05) is 60.5 Å². The molecule has 0 bridgehead atoms. The third kappa shape index (κ3) is 6.42. The number of carbonyl (C=O) groups excluding carboxylic acids is 1. The first-order chi connectivity index (χ1) is 12.6. The fourth-order valence-corrected chi connectivity index (χ4v) is 3.46. The van der Waals surface area contributed by atoms with E-state index in [0.29, 0.717) is 24.1 Å². The van der Waals surface area contributed by atoms with Crippen LogP contribution in [0.15, 0.2) is 48.5 Å². The first-order valence-corrected chi connectivity index (χ1v) is 9.43. The fraction of sp³-hybridized carbons (Fsp3) is 0.381. The SMILES string of the molecule is CNC1CCN(C(=O)Cc2cccc(OCc3cccc(Cl)c3)c2)CC1.Cl. The Morgan fingerprint density at radius 1 is 1.15 bits per heavy atom. The zero-order valence-corrected chi connectivity index (χ0v) is 17.1. The number of hydrogen-bond donors (Lipinski definition) is 1. The molecule has 1 heterocycles. The number of benzene rings is 2. The molecule has 0 unspecified atom stereocenters. The highest BCUT2D eigenvalue weighted by Crippen LogP contribution is 2.18. The van der Waals surface area contributed by atoms with Crippen LogP contribution in [0.25, 0.3) is 0 Å². The molecule has 1 fully saturated rings. The molecule has 0 aliphatic carbocycles. The van der Waals surface area contributed by atoms with Gasteiger partial charge in [0.1, 0.15) is 12.4 Å². The Hall–Kier alpha value is -1.75. The summed E-state index contributed by atoms with van der Waals surface area (Å²) in [5, 5.41) is 3.99. The van der Waals surface area contributed by atoms with Gasteiger partial charge in [0.2, 0.25) is 5.91 Å². The van der Waals surface area contributed by atoms with E-state index >= 15 is 0 Å². The van der Waals surface area contributed by atoms with Crippen LogP contribution in [0.4, 0.5) is 0 Å². The van der Waals surface area contributed by atoms with Gasteiger partial charge in [0.25, 0.3) is 0 Å². The molecule has 0 saturated carbocycles. The largest absolute Gasteiger partial charge is 0.489 e. The number of nitrogens with one attached hydrogen (secondary N) is 1. The molecule has 1 aliphatic rings. The van der Waals surface area contributed by atoms with Gasteiger partial charge >= 0.3 is 0 Å². The molecular formula is C21H26Cl2N2O2. The highest BCUT2D eigenvalue weighted by molar-refractivity contribution is 6.30. The molecule has 0 radical (unpaired) electrons. The highest BCUT2D eigenvalue weighted by atomic mass is 35.5. The molecule has 2 aromatic carbocycles. The van der Waals surface area contributed by atoms with Crippen molar-refractivity contribution < 1.29 is 9.53 Å². The second-order valence-electron chi connectivity index (χ2n) is 6.69. The number of likely N-dealkylation sites (tertiary alicyclic amines) is 1. The van der Waals surface area contributed by atoms with Crippen LogP contribution in [-0.2, 0) is 17.8 Å². The van der Waals surface area contributed by atoms with Crippen molar-refractivity contribution in [3.05, 3.63) is 64.7 Å². The quantitative estimate of drug-likeness (QED) is 0.782. The standard InChI is InChI=1S/C21H25ClN2O2.ClH/c1-23-19-8-10-24(11-9-19)21(25)14-16-4-3-7-20(13-16)26-15-17-5-2-6-18(22)12-17;/h2-7,12-13,19,23H,8-11,14-15H2,1H3;1H. The van der Waals surface area contributed by atoms with E-state index in [4.69, 9.17) is 16.3 Å². The van der Waals surface area contributed by atoms with Crippen LogP contribution >= 0.6 is 24.0 Å². The molecule has 27 heavy (non-hydrogen) atoms. The summed E-state index contributed by atoms with van der Waals surface area (Å²) in [4.78, 5) is 14.5. The summed E-state index contributed by atoms with van der Waals surface area (Å²) < 4.78 is 5.85. The van der Waals surface area contributed by atoms with Crippen molar-refractivity contribution in [3.8, 4) is 5.75 Å². The maximum absolute atomic E-state index is 12.5. The van der Waals surface area contributed by atoms with Crippen LogP contribution in [-0.4, -0.2) is 37.0 Å². The zero-order valence-electron chi connectivity index (χ0n) is 15.5. The zero-order chi connectivity index (χ0) is 18.4. The third-order valence-electron chi connectivity index (χ3n) is 4.80. The van der Waals surface area contributed by atoms with Gasteiger partial charge in [-0.05, 0) is 55.3 Å². The van der Waals surface area contributed by atoms with E-state index < -0.39 is 0 Å². The minimum Gasteiger partial charge on any atom is -0.489 e. The van der Waals surface area contributed by atoms with E-state index in [0.717, 1.165) is 42.8 Å². The average Bonchev–Trinajstić information content (AvgIpc) is 2.67. The van der Waals surface area contributed by atoms with Gasteiger partial charge in [-0.25, -0.2) is 0 Å². The summed E-state index contributed by atoms with van der Waals surface area (Å²) in [6, 6.07) is 15.9. The van der Waals surface area contributed by atoms with Gasteiger partial charge in [-0.15, -0.1) is 12.4 Å². The molecule has 4 nitrogen and oxygen atoms in total. The number of amides is 1. The van der Waals surface area contributed by atoms with E-state index in [2.05, 4.69) is 5.32 Å². The first kappa shape index (κ1) is 21.5. The van der Waals surface area contributed by atoms with Crippen molar-refractivity contribution in [2.75, 3.05) is 20.1 Å². The Morgan fingerprint density at radius 2 is 1.85 bits per heavy atom. The van der Waals surface area contributed by atoms with Crippen molar-refractivity contribution in [1.82, 2.24) is 10.2 Å². The van der Waals surface area contributed by atoms with Gasteiger partial charge in [-0.1, -0.05) is 35.9 Å². The number of ether oxygens (including phenoxy) is 1. The second-order valence-corrected chi connectivity index (χ2v) is 7.12. The summed E-state index contributed by atoms with van der Waals surface area (Å²) in [6.07, 6.45) is 2.45. The normalized spacial score (nSPS) is 14.5. The number of halogens is 2. The van der Waals surface area contributed by atoms with E-state index in [-0.39, 0.29) is 18.3 Å². The lowest BCUT2D eigenvalue weighted by atomic mass is 10.0. The van der Waals surface area contributed by atoms with Crippen LogP contribution in [0.3, 0.4) is 0 Å². The van der Waals surface area contributed by atoms with Crippen molar-refractivity contribution in [1.29, 1.82) is 0 Å². The molecule has 3 rings (SSSR count). The van der Waals surface area contributed by atoms with Gasteiger partial charge in [0.15, 0.2) is 0 Å². The molecule has 1 N–H and O–H groups in total. The molecule has 2 aromatic rings. The van der Waals surface area contributed by atoms with Crippen molar-refractivity contribution in [2.24, 2.45) is 0 Å². The van der Waals surface area contributed by atoms with Gasteiger partial charge in [-0.2, -0.15) is 0 Å². The summed E-state index contributed by atoms with van der Waals surface area (Å²) in [5.74, 6) is 0.954. The second kappa shape index (κ2) is 10.5. The third-order valence-corrected chi connectivity index (χ3v) is 5.04. The molecule has 1 saturated heterocycles. The lowest BCUT2D eigenvalue weighted by Gasteiger charge is -2.32. The van der Waals surface area contributed by atoms with E-state index in [9.17, 15) is 4.79 Å². The Balaban J connectivity index is 0.00000261. The first-order valence-electron chi connectivity index (χ1n) is 9.05.